The summed E-state index contributed by atoms with van der Waals surface area (Å²) in [5, 5.41) is 6.79. The van der Waals surface area contributed by atoms with Crippen LogP contribution in [0.15, 0.2) is 79.8 Å². The summed E-state index contributed by atoms with van der Waals surface area (Å²) in [4.78, 5) is 23.9. The van der Waals surface area contributed by atoms with Crippen LogP contribution < -0.4 is 10.6 Å². The Balaban J connectivity index is 1.69. The second-order valence-corrected chi connectivity index (χ2v) is 6.22. The normalized spacial score (nSPS) is 10.5. The number of rotatable bonds is 5. The summed E-state index contributed by atoms with van der Waals surface area (Å²) in [6.07, 6.45) is 4.18. The smallest absolute Gasteiger partial charge is 0.247 e. The zero-order valence-corrected chi connectivity index (χ0v) is 15.3. The van der Waals surface area contributed by atoms with Crippen molar-refractivity contribution in [2.75, 3.05) is 10.6 Å². The summed E-state index contributed by atoms with van der Waals surface area (Å²) in [6.45, 7) is 3.45. The van der Waals surface area contributed by atoms with E-state index in [4.69, 9.17) is 0 Å². The Kier molecular flexibility index (Phi) is 4.94. The molecule has 2 heterocycles. The van der Waals surface area contributed by atoms with Crippen molar-refractivity contribution < 1.29 is 9.18 Å². The average Bonchev–Trinajstić information content (AvgIpc) is 2.74. The van der Waals surface area contributed by atoms with Crippen molar-refractivity contribution in [1.82, 2.24) is 15.0 Å². The molecule has 0 unspecified atom stereocenters. The molecule has 0 saturated carbocycles. The van der Waals surface area contributed by atoms with Gasteiger partial charge in [-0.3, -0.25) is 4.79 Å². The molecule has 2 aromatic heterocycles. The van der Waals surface area contributed by atoms with Gasteiger partial charge in [-0.05, 0) is 54.1 Å². The number of aromatic nitrogens is 3. The first-order valence-electron chi connectivity index (χ1n) is 8.79. The van der Waals surface area contributed by atoms with Crippen LogP contribution in [0.25, 0.3) is 22.0 Å². The monoisotopic (exact) mass is 385 g/mol. The number of halogens is 1. The van der Waals surface area contributed by atoms with Crippen molar-refractivity contribution in [3.63, 3.8) is 0 Å². The fourth-order valence-corrected chi connectivity index (χ4v) is 2.89. The van der Waals surface area contributed by atoms with Crippen molar-refractivity contribution >= 4 is 34.0 Å². The van der Waals surface area contributed by atoms with Crippen LogP contribution in [0, 0.1) is 5.95 Å². The first kappa shape index (κ1) is 18.2. The Morgan fingerprint density at radius 1 is 0.966 bits per heavy atom. The number of hydrogen-bond donors (Lipinski definition) is 2. The van der Waals surface area contributed by atoms with E-state index < -0.39 is 5.95 Å². The van der Waals surface area contributed by atoms with Crippen LogP contribution in [-0.2, 0) is 4.79 Å². The molecule has 2 aromatic carbocycles. The molecule has 0 aliphatic carbocycles. The van der Waals surface area contributed by atoms with E-state index in [-0.39, 0.29) is 5.91 Å². The van der Waals surface area contributed by atoms with E-state index in [0.29, 0.717) is 11.5 Å². The molecule has 1 amide bonds. The predicted molar refractivity (Wildman–Crippen MR) is 111 cm³/mol. The molecule has 0 fully saturated rings. The van der Waals surface area contributed by atoms with Gasteiger partial charge in [0.25, 0.3) is 0 Å². The lowest BCUT2D eigenvalue weighted by Crippen LogP contribution is -2.07. The first-order chi connectivity index (χ1) is 14.1. The molecule has 4 rings (SSSR count). The second-order valence-electron chi connectivity index (χ2n) is 6.22. The van der Waals surface area contributed by atoms with Crippen LogP contribution >= 0.6 is 0 Å². The van der Waals surface area contributed by atoms with Gasteiger partial charge in [0.05, 0.1) is 5.52 Å². The Bertz CT molecular complexity index is 1210. The van der Waals surface area contributed by atoms with E-state index in [1.807, 2.05) is 30.3 Å². The number of nitrogens with one attached hydrogen (secondary N) is 2. The molecular formula is C22H16FN5O. The Hall–Kier alpha value is -4.13. The second kappa shape index (κ2) is 7.85. The number of carbonyl (C=O) groups excluding carboxylic acids is 1. The topological polar surface area (TPSA) is 79.8 Å². The van der Waals surface area contributed by atoms with Gasteiger partial charge in [-0.1, -0.05) is 18.7 Å². The van der Waals surface area contributed by atoms with Gasteiger partial charge in [0.15, 0.2) is 0 Å². The highest BCUT2D eigenvalue weighted by Crippen LogP contribution is 2.29. The van der Waals surface area contributed by atoms with Gasteiger partial charge < -0.3 is 10.6 Å². The number of benzene rings is 2. The summed E-state index contributed by atoms with van der Waals surface area (Å²) >= 11 is 0. The molecule has 0 aliphatic rings. The summed E-state index contributed by atoms with van der Waals surface area (Å²) < 4.78 is 13.1. The predicted octanol–water partition coefficient (Wildman–Crippen LogP) is 4.70. The number of amides is 1. The van der Waals surface area contributed by atoms with E-state index in [1.54, 1.807) is 18.2 Å². The van der Waals surface area contributed by atoms with Crippen LogP contribution in [0.2, 0.25) is 0 Å². The number of carbonyl (C=O) groups is 1. The minimum absolute atomic E-state index is 0.285. The van der Waals surface area contributed by atoms with E-state index in [0.717, 1.165) is 27.7 Å². The molecule has 0 aliphatic heterocycles. The molecular weight excluding hydrogens is 369 g/mol. The highest BCUT2D eigenvalue weighted by molar-refractivity contribution is 5.99. The maximum absolute atomic E-state index is 13.1. The number of anilines is 3. The summed E-state index contributed by atoms with van der Waals surface area (Å²) in [5.74, 6) is -0.199. The zero-order chi connectivity index (χ0) is 20.2. The molecule has 29 heavy (non-hydrogen) atoms. The molecule has 142 valence electrons. The van der Waals surface area contributed by atoms with Gasteiger partial charge in [0.2, 0.25) is 11.9 Å². The van der Waals surface area contributed by atoms with Crippen molar-refractivity contribution in [1.29, 1.82) is 0 Å². The number of nitrogens with zero attached hydrogens (tertiary/aromatic N) is 3. The Morgan fingerprint density at radius 2 is 1.79 bits per heavy atom. The molecule has 0 saturated heterocycles. The van der Waals surface area contributed by atoms with E-state index in [2.05, 4.69) is 32.2 Å². The molecule has 6 nitrogen and oxygen atoms in total. The van der Waals surface area contributed by atoms with E-state index in [9.17, 15) is 9.18 Å². The molecule has 7 heteroatoms. The lowest BCUT2D eigenvalue weighted by molar-refractivity contribution is -0.111. The average molecular weight is 385 g/mol. The maximum Gasteiger partial charge on any atom is 0.247 e. The minimum atomic E-state index is -0.524. The zero-order valence-electron chi connectivity index (χ0n) is 15.3. The lowest BCUT2D eigenvalue weighted by Gasteiger charge is -2.11. The third-order valence-corrected chi connectivity index (χ3v) is 4.27. The number of hydrogen-bond acceptors (Lipinski definition) is 5. The summed E-state index contributed by atoms with van der Waals surface area (Å²) in [6, 6.07) is 16.0. The van der Waals surface area contributed by atoms with Gasteiger partial charge in [-0.25, -0.2) is 15.0 Å². The Morgan fingerprint density at radius 3 is 2.59 bits per heavy atom. The Labute approximate surface area is 166 Å². The quantitative estimate of drug-likeness (QED) is 0.385. The third-order valence-electron chi connectivity index (χ3n) is 4.27. The summed E-state index contributed by atoms with van der Waals surface area (Å²) in [5.41, 5.74) is 3.81. The van der Waals surface area contributed by atoms with Crippen LogP contribution in [0.5, 0.6) is 0 Å². The van der Waals surface area contributed by atoms with Crippen molar-refractivity contribution in [2.45, 2.75) is 0 Å². The standard InChI is InChI=1S/C22H16FN5O/c1-2-21(29)27-16-4-3-5-17(11-16)28-22-18-10-14(6-8-19(18)25-13-26-22)15-7-9-20(23)24-12-15/h2-13H,1H2,(H,27,29)(H,25,26,28). The van der Waals surface area contributed by atoms with Crippen molar-refractivity contribution in [3.8, 4) is 11.1 Å². The molecule has 0 atom stereocenters. The largest absolute Gasteiger partial charge is 0.340 e. The SMILES string of the molecule is C=CC(=O)Nc1cccc(Nc2ncnc3ccc(-c4ccc(F)nc4)cc23)c1. The number of fused-ring (bicyclic) bond motifs is 1. The van der Waals surface area contributed by atoms with Crippen LogP contribution in [0.1, 0.15) is 0 Å². The first-order valence-corrected chi connectivity index (χ1v) is 8.79. The van der Waals surface area contributed by atoms with Crippen LogP contribution in [-0.4, -0.2) is 20.9 Å². The highest BCUT2D eigenvalue weighted by Gasteiger charge is 2.08. The highest BCUT2D eigenvalue weighted by atomic mass is 19.1. The molecule has 0 spiro atoms. The van der Waals surface area contributed by atoms with Crippen LogP contribution in [0.3, 0.4) is 0 Å². The van der Waals surface area contributed by atoms with Gasteiger partial charge in [0.1, 0.15) is 12.1 Å². The number of pyridine rings is 1. The summed E-state index contributed by atoms with van der Waals surface area (Å²) in [7, 11) is 0. The van der Waals surface area contributed by atoms with E-state index in [1.165, 1.54) is 24.7 Å². The minimum Gasteiger partial charge on any atom is -0.340 e. The molecule has 2 N–H and O–H groups in total. The van der Waals surface area contributed by atoms with Crippen LogP contribution in [0.4, 0.5) is 21.6 Å². The fourth-order valence-electron chi connectivity index (χ4n) is 2.89. The third kappa shape index (κ3) is 4.08. The maximum atomic E-state index is 13.1. The fraction of sp³-hybridized carbons (Fsp3) is 0. The molecule has 0 radical (unpaired) electrons. The molecule has 4 aromatic rings. The van der Waals surface area contributed by atoms with Gasteiger partial charge in [-0.2, -0.15) is 4.39 Å². The van der Waals surface area contributed by atoms with E-state index >= 15 is 0 Å². The van der Waals surface area contributed by atoms with Gasteiger partial charge in [0, 0.05) is 28.5 Å². The van der Waals surface area contributed by atoms with Crippen molar-refractivity contribution in [2.24, 2.45) is 0 Å². The van der Waals surface area contributed by atoms with Crippen molar-refractivity contribution in [3.05, 3.63) is 85.7 Å². The van der Waals surface area contributed by atoms with Gasteiger partial charge in [-0.15, -0.1) is 0 Å². The molecule has 0 bridgehead atoms. The lowest BCUT2D eigenvalue weighted by atomic mass is 10.1. The van der Waals surface area contributed by atoms with Gasteiger partial charge >= 0.3 is 0 Å².